The predicted molar refractivity (Wildman–Crippen MR) is 121 cm³/mol. The summed E-state index contributed by atoms with van der Waals surface area (Å²) in [4.78, 5) is 30.7. The van der Waals surface area contributed by atoms with Crippen LogP contribution in [0.15, 0.2) is 47.3 Å². The number of nitrogens with one attached hydrogen (secondary N) is 2. The summed E-state index contributed by atoms with van der Waals surface area (Å²) < 4.78 is 20.1. The molecule has 1 atom stereocenters. The maximum absolute atomic E-state index is 13.5. The molecule has 1 aliphatic carbocycles. The lowest BCUT2D eigenvalue weighted by molar-refractivity contribution is 0.0493. The first-order chi connectivity index (χ1) is 15.1. The number of fused-ring (bicyclic) bond motifs is 1. The number of hydrogen-bond donors (Lipinski definition) is 2. The van der Waals surface area contributed by atoms with Crippen molar-refractivity contribution in [2.24, 2.45) is 5.92 Å². The molecule has 1 aromatic heterocycles. The summed E-state index contributed by atoms with van der Waals surface area (Å²) in [5.74, 6) is 0.0278. The molecule has 0 spiro atoms. The van der Waals surface area contributed by atoms with Crippen molar-refractivity contribution in [3.8, 4) is 0 Å². The molecule has 0 radical (unpaired) electrons. The van der Waals surface area contributed by atoms with Gasteiger partial charge in [0.15, 0.2) is 5.82 Å². The third-order valence-corrected chi connectivity index (χ3v) is 5.32. The Balaban J connectivity index is 1.83. The van der Waals surface area contributed by atoms with Crippen molar-refractivity contribution in [1.82, 2.24) is 15.0 Å². The highest BCUT2D eigenvalue weighted by Crippen LogP contribution is 2.40. The van der Waals surface area contributed by atoms with E-state index in [1.54, 1.807) is 39.0 Å². The summed E-state index contributed by atoms with van der Waals surface area (Å²) in [6.07, 6.45) is 1.16. The molecule has 7 nitrogen and oxygen atoms in total. The molecule has 3 aromatic rings. The predicted octanol–water partition coefficient (Wildman–Crippen LogP) is 5.04. The molecule has 4 rings (SSSR count). The van der Waals surface area contributed by atoms with Crippen molar-refractivity contribution in [3.63, 3.8) is 0 Å². The van der Waals surface area contributed by atoms with Crippen molar-refractivity contribution < 1.29 is 13.9 Å². The zero-order chi connectivity index (χ0) is 23.0. The SMILES string of the molecule is CC(C)(C)OC(=O)N[C@H](c1nc2cccc(Cl)c2c(=O)n1Nc1ccc(F)cc1)C1CC1. The molecular formula is C23H24ClFN4O3. The van der Waals surface area contributed by atoms with Gasteiger partial charge in [0.05, 0.1) is 27.7 Å². The number of aromatic nitrogens is 2. The van der Waals surface area contributed by atoms with Crippen molar-refractivity contribution in [3.05, 3.63) is 69.5 Å². The van der Waals surface area contributed by atoms with E-state index < -0.39 is 29.1 Å². The van der Waals surface area contributed by atoms with Crippen LogP contribution in [0.25, 0.3) is 10.9 Å². The molecule has 2 aromatic carbocycles. The lowest BCUT2D eigenvalue weighted by Crippen LogP contribution is -2.40. The molecule has 1 amide bonds. The fraction of sp³-hybridized carbons (Fsp3) is 0.348. The topological polar surface area (TPSA) is 85.2 Å². The standard InChI is InChI=1S/C23H24ClFN4O3/c1-23(2,3)32-22(31)27-19(13-7-8-13)20-26-17-6-4-5-16(24)18(17)21(30)29(20)28-15-11-9-14(25)10-12-15/h4-6,9-13,19,28H,7-8H2,1-3H3,(H,27,31)/t19-/m0/s1. The van der Waals surface area contributed by atoms with Gasteiger partial charge in [0.2, 0.25) is 0 Å². The lowest BCUT2D eigenvalue weighted by atomic mass is 10.1. The Bertz CT molecular complexity index is 1220. The van der Waals surface area contributed by atoms with E-state index in [2.05, 4.69) is 10.7 Å². The number of hydrogen-bond acceptors (Lipinski definition) is 5. The van der Waals surface area contributed by atoms with E-state index in [-0.39, 0.29) is 16.3 Å². The molecular weight excluding hydrogens is 435 g/mol. The van der Waals surface area contributed by atoms with Gasteiger partial charge in [-0.3, -0.25) is 10.2 Å². The summed E-state index contributed by atoms with van der Waals surface area (Å²) in [6.45, 7) is 5.34. The highest BCUT2D eigenvalue weighted by atomic mass is 35.5. The normalized spacial score (nSPS) is 14.8. The number of benzene rings is 2. The van der Waals surface area contributed by atoms with Crippen LogP contribution in [-0.4, -0.2) is 21.4 Å². The minimum absolute atomic E-state index is 0.104. The number of rotatable bonds is 5. The first-order valence-electron chi connectivity index (χ1n) is 10.4. The van der Waals surface area contributed by atoms with Gasteiger partial charge in [-0.2, -0.15) is 0 Å². The van der Waals surface area contributed by atoms with E-state index in [4.69, 9.17) is 21.3 Å². The Hall–Kier alpha value is -3.13. The number of ether oxygens (including phenoxy) is 1. The van der Waals surface area contributed by atoms with Gasteiger partial charge in [0, 0.05) is 0 Å². The average Bonchev–Trinajstić information content (AvgIpc) is 3.53. The van der Waals surface area contributed by atoms with E-state index >= 15 is 0 Å². The molecule has 1 heterocycles. The number of nitrogens with zero attached hydrogens (tertiary/aromatic N) is 2. The quantitative estimate of drug-likeness (QED) is 0.559. The lowest BCUT2D eigenvalue weighted by Gasteiger charge is -2.25. The van der Waals surface area contributed by atoms with Gasteiger partial charge in [-0.25, -0.2) is 18.8 Å². The third-order valence-electron chi connectivity index (χ3n) is 5.00. The molecule has 2 N–H and O–H groups in total. The first-order valence-corrected chi connectivity index (χ1v) is 10.7. The maximum atomic E-state index is 13.5. The number of amides is 1. The van der Waals surface area contributed by atoms with Gasteiger partial charge >= 0.3 is 6.09 Å². The van der Waals surface area contributed by atoms with Crippen molar-refractivity contribution in [2.45, 2.75) is 45.3 Å². The van der Waals surface area contributed by atoms with Crippen LogP contribution in [-0.2, 0) is 4.74 Å². The number of alkyl carbamates (subject to hydrolysis) is 1. The Kier molecular flexibility index (Phi) is 5.81. The van der Waals surface area contributed by atoms with E-state index in [9.17, 15) is 14.0 Å². The monoisotopic (exact) mass is 458 g/mol. The second-order valence-corrected chi connectivity index (χ2v) is 9.23. The van der Waals surface area contributed by atoms with E-state index in [1.807, 2.05) is 0 Å². The van der Waals surface area contributed by atoms with Gasteiger partial charge < -0.3 is 10.1 Å². The average molecular weight is 459 g/mol. The van der Waals surface area contributed by atoms with Crippen LogP contribution in [0.1, 0.15) is 45.5 Å². The zero-order valence-corrected chi connectivity index (χ0v) is 18.7. The summed E-state index contributed by atoms with van der Waals surface area (Å²) in [5.41, 5.74) is 2.81. The number of carbonyl (C=O) groups excluding carboxylic acids is 1. The first kappa shape index (κ1) is 22.1. The van der Waals surface area contributed by atoms with Gasteiger partial charge in [-0.1, -0.05) is 17.7 Å². The minimum Gasteiger partial charge on any atom is -0.444 e. The van der Waals surface area contributed by atoms with Crippen molar-refractivity contribution in [2.75, 3.05) is 5.43 Å². The van der Waals surface area contributed by atoms with Crippen LogP contribution in [0.2, 0.25) is 5.02 Å². The van der Waals surface area contributed by atoms with Gasteiger partial charge in [-0.05, 0) is 75.9 Å². The van der Waals surface area contributed by atoms with E-state index in [1.165, 1.54) is 28.9 Å². The second-order valence-electron chi connectivity index (χ2n) is 8.82. The molecule has 0 bridgehead atoms. The third kappa shape index (κ3) is 4.85. The van der Waals surface area contributed by atoms with E-state index in [0.29, 0.717) is 17.0 Å². The second kappa shape index (κ2) is 8.43. The fourth-order valence-electron chi connectivity index (χ4n) is 3.43. The van der Waals surface area contributed by atoms with Gasteiger partial charge in [0.25, 0.3) is 5.56 Å². The molecule has 32 heavy (non-hydrogen) atoms. The molecule has 1 aliphatic rings. The summed E-state index contributed by atoms with van der Waals surface area (Å²) >= 11 is 6.30. The Morgan fingerprint density at radius 2 is 1.91 bits per heavy atom. The Labute approximate surface area is 189 Å². The Morgan fingerprint density at radius 3 is 2.53 bits per heavy atom. The van der Waals surface area contributed by atoms with Gasteiger partial charge in [0.1, 0.15) is 11.4 Å². The zero-order valence-electron chi connectivity index (χ0n) is 18.0. The molecule has 0 saturated heterocycles. The Morgan fingerprint density at radius 1 is 1.22 bits per heavy atom. The van der Waals surface area contributed by atoms with Crippen molar-refractivity contribution in [1.29, 1.82) is 0 Å². The van der Waals surface area contributed by atoms with Crippen LogP contribution in [0.3, 0.4) is 0 Å². The summed E-state index contributed by atoms with van der Waals surface area (Å²) in [7, 11) is 0. The molecule has 0 aliphatic heterocycles. The maximum Gasteiger partial charge on any atom is 0.408 e. The largest absolute Gasteiger partial charge is 0.444 e. The highest BCUT2D eigenvalue weighted by Gasteiger charge is 2.38. The summed E-state index contributed by atoms with van der Waals surface area (Å²) in [6, 6.07) is 10.1. The fourth-order valence-corrected chi connectivity index (χ4v) is 3.68. The molecule has 1 fully saturated rings. The van der Waals surface area contributed by atoms with Crippen LogP contribution >= 0.6 is 11.6 Å². The minimum atomic E-state index is -0.672. The molecule has 0 unspecified atom stereocenters. The van der Waals surface area contributed by atoms with Gasteiger partial charge in [-0.15, -0.1) is 0 Å². The van der Waals surface area contributed by atoms with Crippen LogP contribution in [0, 0.1) is 11.7 Å². The van der Waals surface area contributed by atoms with Crippen LogP contribution < -0.4 is 16.3 Å². The number of carbonyl (C=O) groups is 1. The van der Waals surface area contributed by atoms with Crippen LogP contribution in [0.4, 0.5) is 14.9 Å². The van der Waals surface area contributed by atoms with E-state index in [0.717, 1.165) is 12.8 Å². The molecule has 1 saturated carbocycles. The number of halogens is 2. The molecule has 9 heteroatoms. The smallest absolute Gasteiger partial charge is 0.408 e. The van der Waals surface area contributed by atoms with Crippen LogP contribution in [0.5, 0.6) is 0 Å². The molecule has 168 valence electrons. The number of anilines is 1. The summed E-state index contributed by atoms with van der Waals surface area (Å²) in [5, 5.41) is 3.39. The van der Waals surface area contributed by atoms with Crippen molar-refractivity contribution >= 4 is 34.3 Å². The highest BCUT2D eigenvalue weighted by molar-refractivity contribution is 6.35.